The summed E-state index contributed by atoms with van der Waals surface area (Å²) in [5, 5.41) is 3.04. The fraction of sp³-hybridized carbons (Fsp3) is 1.00. The van der Waals surface area contributed by atoms with E-state index in [1.54, 1.807) is 0 Å². The quantitative estimate of drug-likeness (QED) is 0.441. The van der Waals surface area contributed by atoms with Gasteiger partial charge < -0.3 is 10.8 Å². The minimum absolute atomic E-state index is 0. The lowest BCUT2D eigenvalue weighted by Crippen LogP contribution is -2.33. The van der Waals surface area contributed by atoms with Crippen LogP contribution in [0.4, 0.5) is 0 Å². The molecule has 1 aliphatic rings. The van der Waals surface area contributed by atoms with E-state index < -0.39 is 10.6 Å². The second-order valence-corrected chi connectivity index (χ2v) is 4.38. The summed E-state index contributed by atoms with van der Waals surface area (Å²) < 4.78 is 17.9. The Morgan fingerprint density at radius 1 is 1.11 bits per heavy atom. The Hall–Kier alpha value is 0.190. The van der Waals surface area contributed by atoms with Crippen LogP contribution in [0.1, 0.15) is 0 Å². The molecule has 58 valence electrons. The molecule has 1 heterocycles. The van der Waals surface area contributed by atoms with Crippen molar-refractivity contribution in [3.05, 3.63) is 0 Å². The van der Waals surface area contributed by atoms with Gasteiger partial charge in [-0.3, -0.25) is 9.11 Å². The Morgan fingerprint density at radius 2 is 1.56 bits per heavy atom. The number of rotatable bonds is 0. The normalized spacial score (nSPS) is 28.2. The van der Waals surface area contributed by atoms with E-state index in [2.05, 4.69) is 5.32 Å². The van der Waals surface area contributed by atoms with Gasteiger partial charge in [0.05, 0.1) is 0 Å². The molecule has 9 heavy (non-hydrogen) atoms. The highest BCUT2D eigenvalue weighted by Gasteiger charge is 2.14. The van der Waals surface area contributed by atoms with Crippen molar-refractivity contribution in [2.45, 2.75) is 0 Å². The maximum atomic E-state index is 8.97. The molecule has 0 saturated carbocycles. The summed E-state index contributed by atoms with van der Waals surface area (Å²) in [5.74, 6) is 1.07. The van der Waals surface area contributed by atoms with Crippen LogP contribution in [-0.4, -0.2) is 39.2 Å². The SMILES string of the molecule is O.OS1(O)CCNCC1. The molecule has 0 amide bonds. The molecule has 0 spiro atoms. The lowest BCUT2D eigenvalue weighted by atomic mass is 10.6. The fourth-order valence-electron chi connectivity index (χ4n) is 0.698. The van der Waals surface area contributed by atoms with Gasteiger partial charge in [0.25, 0.3) is 0 Å². The summed E-state index contributed by atoms with van der Waals surface area (Å²) in [5.41, 5.74) is 0. The largest absolute Gasteiger partial charge is 0.412 e. The van der Waals surface area contributed by atoms with E-state index in [0.717, 1.165) is 13.1 Å². The van der Waals surface area contributed by atoms with Gasteiger partial charge in [-0.25, -0.2) is 0 Å². The zero-order valence-corrected chi connectivity index (χ0v) is 5.95. The predicted molar refractivity (Wildman–Crippen MR) is 39.1 cm³/mol. The molecule has 1 aliphatic heterocycles. The molecule has 0 aromatic heterocycles. The highest BCUT2D eigenvalue weighted by molar-refractivity contribution is 8.24. The Balaban J connectivity index is 0.000000640. The average Bonchev–Trinajstić information content (AvgIpc) is 1.65. The molecule has 0 aliphatic carbocycles. The van der Waals surface area contributed by atoms with Gasteiger partial charge in [-0.15, -0.1) is 0 Å². The standard InChI is InChI=1S/C4H11NO2S.H2O/c6-8(7)3-1-5-2-4-8;/h5-7H,1-4H2;1H2. The molecule has 0 radical (unpaired) electrons. The number of nitrogens with one attached hydrogen (secondary N) is 1. The summed E-state index contributed by atoms with van der Waals surface area (Å²) in [6, 6.07) is 0. The van der Waals surface area contributed by atoms with Crippen LogP contribution >= 0.6 is 10.6 Å². The van der Waals surface area contributed by atoms with Gasteiger partial charge in [-0.2, -0.15) is 10.6 Å². The summed E-state index contributed by atoms with van der Waals surface area (Å²) in [6.07, 6.45) is 0. The minimum Gasteiger partial charge on any atom is -0.412 e. The molecule has 5 N–H and O–H groups in total. The molecule has 1 fully saturated rings. The van der Waals surface area contributed by atoms with Crippen LogP contribution in [0.2, 0.25) is 0 Å². The molecule has 0 bridgehead atoms. The smallest absolute Gasteiger partial charge is 0.0499 e. The second kappa shape index (κ2) is 3.38. The summed E-state index contributed by atoms with van der Waals surface area (Å²) in [7, 11) is -2.15. The van der Waals surface area contributed by atoms with E-state index in [0.29, 0.717) is 11.5 Å². The van der Waals surface area contributed by atoms with E-state index in [9.17, 15) is 0 Å². The molecule has 1 rings (SSSR count). The van der Waals surface area contributed by atoms with E-state index in [1.807, 2.05) is 0 Å². The molecule has 0 aromatic rings. The van der Waals surface area contributed by atoms with Crippen LogP contribution in [0.15, 0.2) is 0 Å². The third-order valence-electron chi connectivity index (χ3n) is 1.21. The van der Waals surface area contributed by atoms with Crippen molar-refractivity contribution in [1.29, 1.82) is 0 Å². The molecular formula is C4H13NO3S. The first-order valence-corrected chi connectivity index (χ1v) is 4.53. The molecule has 4 nitrogen and oxygen atoms in total. The van der Waals surface area contributed by atoms with Gasteiger partial charge in [0, 0.05) is 24.6 Å². The zero-order valence-electron chi connectivity index (χ0n) is 5.13. The van der Waals surface area contributed by atoms with Crippen LogP contribution < -0.4 is 5.32 Å². The van der Waals surface area contributed by atoms with Gasteiger partial charge in [0.1, 0.15) is 0 Å². The first kappa shape index (κ1) is 9.19. The lowest BCUT2D eigenvalue weighted by Gasteiger charge is -2.35. The van der Waals surface area contributed by atoms with Crippen molar-refractivity contribution in [3.63, 3.8) is 0 Å². The van der Waals surface area contributed by atoms with Gasteiger partial charge in [0.2, 0.25) is 0 Å². The van der Waals surface area contributed by atoms with Crippen molar-refractivity contribution in [1.82, 2.24) is 5.32 Å². The highest BCUT2D eigenvalue weighted by atomic mass is 32.3. The van der Waals surface area contributed by atoms with Gasteiger partial charge in [-0.05, 0) is 0 Å². The van der Waals surface area contributed by atoms with Crippen LogP contribution in [0, 0.1) is 0 Å². The van der Waals surface area contributed by atoms with Crippen molar-refractivity contribution >= 4 is 10.6 Å². The third kappa shape index (κ3) is 3.02. The molecular weight excluding hydrogens is 142 g/mol. The van der Waals surface area contributed by atoms with Crippen LogP contribution in [0.25, 0.3) is 0 Å². The van der Waals surface area contributed by atoms with Crippen molar-refractivity contribution < 1.29 is 14.6 Å². The van der Waals surface area contributed by atoms with Gasteiger partial charge in [-0.1, -0.05) is 0 Å². The van der Waals surface area contributed by atoms with E-state index in [4.69, 9.17) is 9.11 Å². The van der Waals surface area contributed by atoms with Crippen LogP contribution in [-0.2, 0) is 0 Å². The van der Waals surface area contributed by atoms with Gasteiger partial charge >= 0.3 is 0 Å². The Morgan fingerprint density at radius 3 is 1.78 bits per heavy atom. The van der Waals surface area contributed by atoms with E-state index in [1.165, 1.54) is 0 Å². The van der Waals surface area contributed by atoms with Crippen molar-refractivity contribution in [3.8, 4) is 0 Å². The topological polar surface area (TPSA) is 84.0 Å². The van der Waals surface area contributed by atoms with Crippen molar-refractivity contribution in [2.24, 2.45) is 0 Å². The monoisotopic (exact) mass is 155 g/mol. The Bertz CT molecular complexity index is 79.9. The fourth-order valence-corrected chi connectivity index (χ4v) is 1.84. The zero-order chi connectivity index (χ0) is 6.04. The molecule has 0 unspecified atom stereocenters. The van der Waals surface area contributed by atoms with E-state index >= 15 is 0 Å². The van der Waals surface area contributed by atoms with Crippen molar-refractivity contribution in [2.75, 3.05) is 24.6 Å². The molecule has 0 atom stereocenters. The number of hydrogen-bond donors (Lipinski definition) is 3. The summed E-state index contributed by atoms with van der Waals surface area (Å²) in [4.78, 5) is 0. The van der Waals surface area contributed by atoms with Gasteiger partial charge in [0.15, 0.2) is 0 Å². The lowest BCUT2D eigenvalue weighted by molar-refractivity contribution is 0.473. The molecule has 0 aromatic carbocycles. The minimum atomic E-state index is -2.15. The van der Waals surface area contributed by atoms with E-state index in [-0.39, 0.29) is 5.48 Å². The van der Waals surface area contributed by atoms with Crippen LogP contribution in [0.3, 0.4) is 0 Å². The summed E-state index contributed by atoms with van der Waals surface area (Å²) in [6.45, 7) is 1.50. The summed E-state index contributed by atoms with van der Waals surface area (Å²) >= 11 is 0. The number of hydrogen-bond acceptors (Lipinski definition) is 3. The molecule has 1 saturated heterocycles. The maximum absolute atomic E-state index is 8.97. The molecule has 5 heteroatoms. The predicted octanol–water partition coefficient (Wildman–Crippen LogP) is -0.485. The average molecular weight is 155 g/mol. The first-order chi connectivity index (χ1) is 3.71. The third-order valence-corrected chi connectivity index (χ3v) is 2.93. The van der Waals surface area contributed by atoms with Crippen LogP contribution in [0.5, 0.6) is 0 Å². The first-order valence-electron chi connectivity index (χ1n) is 2.65. The Kier molecular flexibility index (Phi) is 3.45. The Labute approximate surface area is 55.9 Å². The second-order valence-electron chi connectivity index (χ2n) is 1.96. The highest BCUT2D eigenvalue weighted by Crippen LogP contribution is 2.38. The maximum Gasteiger partial charge on any atom is 0.0499 e.